The Morgan fingerprint density at radius 1 is 1.16 bits per heavy atom. The average molecular weight is 434 g/mol. The lowest BCUT2D eigenvalue weighted by atomic mass is 9.68. The maximum Gasteiger partial charge on any atom is 0.224 e. The van der Waals surface area contributed by atoms with E-state index < -0.39 is 0 Å². The van der Waals surface area contributed by atoms with E-state index >= 15 is 0 Å². The van der Waals surface area contributed by atoms with Crippen molar-refractivity contribution in [2.24, 2.45) is 11.8 Å². The van der Waals surface area contributed by atoms with Gasteiger partial charge in [-0.1, -0.05) is 18.1 Å². The Morgan fingerprint density at radius 2 is 2.09 bits per heavy atom. The fraction of sp³-hybridized carbons (Fsp3) is 0.593. The van der Waals surface area contributed by atoms with Crippen LogP contribution < -0.4 is 4.74 Å². The largest absolute Gasteiger partial charge is 0.497 e. The third-order valence-electron chi connectivity index (χ3n) is 8.52. The van der Waals surface area contributed by atoms with E-state index in [-0.39, 0.29) is 0 Å². The van der Waals surface area contributed by atoms with Gasteiger partial charge in [0.15, 0.2) is 0 Å². The Kier molecular flexibility index (Phi) is 5.25. The molecule has 1 amide bonds. The summed E-state index contributed by atoms with van der Waals surface area (Å²) in [5.74, 6) is 2.55. The number of methoxy groups -OCH3 is 1. The van der Waals surface area contributed by atoms with E-state index in [2.05, 4.69) is 44.8 Å². The number of hydrogen-bond donors (Lipinski definition) is 0. The van der Waals surface area contributed by atoms with Crippen molar-refractivity contribution in [3.05, 3.63) is 42.1 Å². The molecule has 3 aliphatic heterocycles. The number of aryl methyl sites for hydroxylation is 1. The number of rotatable bonds is 4. The first kappa shape index (κ1) is 20.3. The minimum atomic E-state index is 0.329. The summed E-state index contributed by atoms with van der Waals surface area (Å²) in [7, 11) is 1.70. The fourth-order valence-corrected chi connectivity index (χ4v) is 7.11. The lowest BCUT2D eigenvalue weighted by molar-refractivity contribution is -0.136. The molecule has 6 rings (SSSR count). The van der Waals surface area contributed by atoms with Gasteiger partial charge < -0.3 is 14.2 Å². The lowest BCUT2D eigenvalue weighted by Gasteiger charge is -2.54. The molecule has 0 saturated carbocycles. The van der Waals surface area contributed by atoms with Gasteiger partial charge in [0.25, 0.3) is 0 Å². The van der Waals surface area contributed by atoms with Crippen molar-refractivity contribution >= 4 is 16.8 Å². The van der Waals surface area contributed by atoms with Gasteiger partial charge in [0.05, 0.1) is 13.2 Å². The predicted octanol–water partition coefficient (Wildman–Crippen LogP) is 4.46. The zero-order valence-electron chi connectivity index (χ0n) is 19.2. The van der Waals surface area contributed by atoms with Crippen molar-refractivity contribution in [2.75, 3.05) is 26.7 Å². The van der Waals surface area contributed by atoms with E-state index in [1.54, 1.807) is 12.7 Å². The second-order valence-corrected chi connectivity index (χ2v) is 10.3. The zero-order valence-corrected chi connectivity index (χ0v) is 19.2. The molecular weight excluding hydrogens is 398 g/mol. The summed E-state index contributed by atoms with van der Waals surface area (Å²) >= 11 is 0. The minimum absolute atomic E-state index is 0.329. The summed E-state index contributed by atoms with van der Waals surface area (Å²) in [5, 5.41) is 1.16. The average Bonchev–Trinajstić information content (AvgIpc) is 3.24. The van der Waals surface area contributed by atoms with Crippen LogP contribution in [0, 0.1) is 11.8 Å². The summed E-state index contributed by atoms with van der Waals surface area (Å²) in [4.78, 5) is 18.5. The molecule has 170 valence electrons. The van der Waals surface area contributed by atoms with E-state index in [1.807, 2.05) is 6.07 Å². The van der Waals surface area contributed by atoms with Gasteiger partial charge in [-0.15, -0.1) is 0 Å². The number of piperidine rings is 3. The minimum Gasteiger partial charge on any atom is -0.497 e. The first-order valence-corrected chi connectivity index (χ1v) is 12.6. The number of amides is 1. The van der Waals surface area contributed by atoms with Crippen LogP contribution in [0.4, 0.5) is 0 Å². The van der Waals surface area contributed by atoms with Crippen molar-refractivity contribution in [3.8, 4) is 5.75 Å². The number of nitrogens with zero attached hydrogens (tertiary/aromatic N) is 3. The highest BCUT2D eigenvalue weighted by atomic mass is 16.5. The number of benzene rings is 1. The normalized spacial score (nSPS) is 29.9. The molecule has 5 nitrogen and oxygen atoms in total. The molecule has 4 heterocycles. The molecule has 0 spiro atoms. The summed E-state index contributed by atoms with van der Waals surface area (Å²) in [5.41, 5.74) is 2.75. The highest BCUT2D eigenvalue weighted by Crippen LogP contribution is 2.45. The maximum absolute atomic E-state index is 13.5. The van der Waals surface area contributed by atoms with Crippen molar-refractivity contribution in [1.82, 2.24) is 14.4 Å². The quantitative estimate of drug-likeness (QED) is 0.668. The maximum atomic E-state index is 13.5. The molecule has 3 saturated heterocycles. The van der Waals surface area contributed by atoms with Gasteiger partial charge in [0.2, 0.25) is 5.91 Å². The van der Waals surface area contributed by atoms with E-state index in [9.17, 15) is 4.79 Å². The fourth-order valence-electron chi connectivity index (χ4n) is 7.11. The molecule has 2 aromatic rings. The number of carbonyl (C=O) groups is 1. The number of ether oxygens (including phenoxy) is 1. The van der Waals surface area contributed by atoms with E-state index in [1.165, 1.54) is 50.7 Å². The molecule has 1 aromatic heterocycles. The predicted molar refractivity (Wildman–Crippen MR) is 127 cm³/mol. The molecule has 0 unspecified atom stereocenters. The van der Waals surface area contributed by atoms with Crippen LogP contribution in [0.25, 0.3) is 10.9 Å². The van der Waals surface area contributed by atoms with E-state index in [4.69, 9.17) is 4.74 Å². The molecule has 1 aromatic carbocycles. The number of fused-ring (bicyclic) bond motifs is 7. The van der Waals surface area contributed by atoms with Crippen molar-refractivity contribution in [1.29, 1.82) is 0 Å². The number of likely N-dealkylation sites (tertiary alicyclic amines) is 1. The monoisotopic (exact) mass is 433 g/mol. The van der Waals surface area contributed by atoms with Crippen LogP contribution in [0.5, 0.6) is 5.75 Å². The van der Waals surface area contributed by atoms with Gasteiger partial charge in [-0.3, -0.25) is 9.69 Å². The molecule has 1 aliphatic carbocycles. The highest BCUT2D eigenvalue weighted by molar-refractivity contribution is 5.82. The Balaban J connectivity index is 1.18. The Labute approximate surface area is 191 Å². The summed E-state index contributed by atoms with van der Waals surface area (Å²) < 4.78 is 7.56. The van der Waals surface area contributed by atoms with Crippen LogP contribution >= 0.6 is 0 Å². The second kappa shape index (κ2) is 8.26. The third kappa shape index (κ3) is 3.45. The topological polar surface area (TPSA) is 37.7 Å². The van der Waals surface area contributed by atoms with E-state index in [0.717, 1.165) is 42.6 Å². The van der Waals surface area contributed by atoms with Crippen LogP contribution in [-0.4, -0.2) is 59.1 Å². The van der Waals surface area contributed by atoms with Crippen molar-refractivity contribution in [2.45, 2.75) is 63.6 Å². The molecule has 4 aliphatic rings. The SMILES string of the molecule is COc1ccc2c(ccn2CCC(=O)N2CCCC3=C[C@H]4C[C@H](CN5CCCC[C@@H]45)[C@H]32)c1. The van der Waals surface area contributed by atoms with Gasteiger partial charge >= 0.3 is 0 Å². The zero-order chi connectivity index (χ0) is 21.7. The van der Waals surface area contributed by atoms with Gasteiger partial charge in [0, 0.05) is 49.2 Å². The highest BCUT2D eigenvalue weighted by Gasteiger charge is 2.46. The summed E-state index contributed by atoms with van der Waals surface area (Å²) in [6, 6.07) is 9.38. The second-order valence-electron chi connectivity index (χ2n) is 10.3. The Morgan fingerprint density at radius 3 is 3.00 bits per heavy atom. The van der Waals surface area contributed by atoms with Crippen molar-refractivity contribution in [3.63, 3.8) is 0 Å². The van der Waals surface area contributed by atoms with Gasteiger partial charge in [0.1, 0.15) is 5.75 Å². The van der Waals surface area contributed by atoms with Gasteiger partial charge in [-0.05, 0) is 74.8 Å². The molecule has 3 fully saturated rings. The number of hydrogen-bond acceptors (Lipinski definition) is 3. The van der Waals surface area contributed by atoms with E-state index in [0.29, 0.717) is 24.3 Å². The molecule has 0 N–H and O–H groups in total. The molecule has 5 heteroatoms. The van der Waals surface area contributed by atoms with Crippen LogP contribution in [-0.2, 0) is 11.3 Å². The molecule has 4 atom stereocenters. The number of carbonyl (C=O) groups excluding carboxylic acids is 1. The smallest absolute Gasteiger partial charge is 0.224 e. The third-order valence-corrected chi connectivity index (χ3v) is 8.52. The standard InChI is InChI=1S/C27H35N3O2/c1-32-23-7-8-25-19(17-23)9-13-28(25)14-10-26(31)30-12-4-5-20-15-21-16-22(27(20)30)18-29-11-3-2-6-24(21)29/h7-9,13,15,17,21-22,24,27H,2-6,10-12,14,16,18H2,1H3/t21-,22+,24-,27-/m0/s1. The molecule has 32 heavy (non-hydrogen) atoms. The number of aromatic nitrogens is 1. The summed E-state index contributed by atoms with van der Waals surface area (Å²) in [6.45, 7) is 4.11. The summed E-state index contributed by atoms with van der Waals surface area (Å²) in [6.07, 6.45) is 13.0. The van der Waals surface area contributed by atoms with Crippen LogP contribution in [0.2, 0.25) is 0 Å². The molecule has 0 radical (unpaired) electrons. The lowest BCUT2D eigenvalue weighted by Crippen LogP contribution is -2.60. The molecular formula is C27H35N3O2. The van der Waals surface area contributed by atoms with Crippen LogP contribution in [0.1, 0.15) is 44.9 Å². The van der Waals surface area contributed by atoms with Crippen LogP contribution in [0.3, 0.4) is 0 Å². The van der Waals surface area contributed by atoms with Crippen molar-refractivity contribution < 1.29 is 9.53 Å². The Bertz CT molecular complexity index is 1040. The Hall–Kier alpha value is -2.27. The van der Waals surface area contributed by atoms with Gasteiger partial charge in [-0.25, -0.2) is 0 Å². The first-order valence-electron chi connectivity index (χ1n) is 12.6. The first-order chi connectivity index (χ1) is 15.7. The van der Waals surface area contributed by atoms with Gasteiger partial charge in [-0.2, -0.15) is 0 Å². The molecule has 2 bridgehead atoms. The van der Waals surface area contributed by atoms with Crippen LogP contribution in [0.15, 0.2) is 42.1 Å².